The van der Waals surface area contributed by atoms with E-state index in [2.05, 4.69) is 21.3 Å². The number of ether oxygens (including phenoxy) is 1. The van der Waals surface area contributed by atoms with Crippen LogP contribution >= 0.6 is 0 Å². The summed E-state index contributed by atoms with van der Waals surface area (Å²) in [4.78, 5) is 6.82. The van der Waals surface area contributed by atoms with Crippen molar-refractivity contribution in [2.75, 3.05) is 43.6 Å². The zero-order valence-corrected chi connectivity index (χ0v) is 9.52. The molecule has 0 amide bonds. The second-order valence-corrected chi connectivity index (χ2v) is 4.62. The molecule has 1 N–H and O–H groups in total. The van der Waals surface area contributed by atoms with Gasteiger partial charge in [-0.2, -0.15) is 0 Å². The molecular weight excluding hydrogens is 202 g/mol. The highest BCUT2D eigenvalue weighted by atomic mass is 16.5. The molecule has 0 spiro atoms. The van der Waals surface area contributed by atoms with Gasteiger partial charge in [0.05, 0.1) is 13.2 Å². The van der Waals surface area contributed by atoms with Crippen LogP contribution in [0.2, 0.25) is 0 Å². The van der Waals surface area contributed by atoms with Crippen LogP contribution in [-0.4, -0.2) is 38.3 Å². The van der Waals surface area contributed by atoms with Crippen LogP contribution in [0.4, 0.5) is 11.5 Å². The van der Waals surface area contributed by atoms with Crippen LogP contribution in [0.15, 0.2) is 18.3 Å². The zero-order valence-electron chi connectivity index (χ0n) is 9.52. The summed E-state index contributed by atoms with van der Waals surface area (Å²) in [6.07, 6.45) is 1.87. The molecule has 4 nitrogen and oxygen atoms in total. The molecule has 4 heteroatoms. The van der Waals surface area contributed by atoms with Crippen LogP contribution in [0.3, 0.4) is 0 Å². The van der Waals surface area contributed by atoms with Gasteiger partial charge in [0.15, 0.2) is 0 Å². The van der Waals surface area contributed by atoms with Gasteiger partial charge in [-0.1, -0.05) is 0 Å². The van der Waals surface area contributed by atoms with Gasteiger partial charge < -0.3 is 15.0 Å². The fourth-order valence-corrected chi connectivity index (χ4v) is 2.62. The van der Waals surface area contributed by atoms with E-state index in [-0.39, 0.29) is 0 Å². The van der Waals surface area contributed by atoms with Gasteiger partial charge in [-0.3, -0.25) is 0 Å². The van der Waals surface area contributed by atoms with Gasteiger partial charge in [0.1, 0.15) is 5.82 Å². The minimum Gasteiger partial charge on any atom is -0.388 e. The lowest BCUT2D eigenvalue weighted by Crippen LogP contribution is -2.23. The van der Waals surface area contributed by atoms with Gasteiger partial charge >= 0.3 is 0 Å². The molecule has 0 aliphatic carbocycles. The van der Waals surface area contributed by atoms with Crippen LogP contribution in [0.25, 0.3) is 0 Å². The maximum atomic E-state index is 5.48. The Morgan fingerprint density at radius 1 is 1.38 bits per heavy atom. The van der Waals surface area contributed by atoms with E-state index >= 15 is 0 Å². The van der Waals surface area contributed by atoms with Gasteiger partial charge in [0.2, 0.25) is 0 Å². The first-order valence-corrected chi connectivity index (χ1v) is 5.83. The van der Waals surface area contributed by atoms with Crippen molar-refractivity contribution in [2.24, 2.45) is 11.8 Å². The Hall–Kier alpha value is -1.29. The number of rotatable bonds is 2. The molecule has 0 saturated carbocycles. The van der Waals surface area contributed by atoms with E-state index in [9.17, 15) is 0 Å². The highest BCUT2D eigenvalue weighted by Gasteiger charge is 2.37. The maximum Gasteiger partial charge on any atom is 0.130 e. The van der Waals surface area contributed by atoms with Crippen molar-refractivity contribution in [3.8, 4) is 0 Å². The van der Waals surface area contributed by atoms with Crippen molar-refractivity contribution in [1.82, 2.24) is 4.98 Å². The van der Waals surface area contributed by atoms with Crippen molar-refractivity contribution < 1.29 is 4.74 Å². The molecule has 0 radical (unpaired) electrons. The summed E-state index contributed by atoms with van der Waals surface area (Å²) in [6, 6.07) is 4.10. The second-order valence-electron chi connectivity index (χ2n) is 4.62. The van der Waals surface area contributed by atoms with E-state index in [1.807, 2.05) is 19.3 Å². The Kier molecular flexibility index (Phi) is 2.44. The molecule has 86 valence electrons. The van der Waals surface area contributed by atoms with Gasteiger partial charge in [0, 0.05) is 49.9 Å². The molecule has 1 aromatic heterocycles. The van der Waals surface area contributed by atoms with Crippen molar-refractivity contribution in [2.45, 2.75) is 0 Å². The normalized spacial score (nSPS) is 28.2. The molecule has 3 heterocycles. The third-order valence-electron chi connectivity index (χ3n) is 3.60. The van der Waals surface area contributed by atoms with Crippen LogP contribution in [-0.2, 0) is 4.74 Å². The third kappa shape index (κ3) is 1.63. The molecule has 2 fully saturated rings. The van der Waals surface area contributed by atoms with E-state index in [1.165, 1.54) is 0 Å². The van der Waals surface area contributed by atoms with Crippen molar-refractivity contribution in [3.05, 3.63) is 18.3 Å². The number of nitrogens with zero attached hydrogens (tertiary/aromatic N) is 2. The lowest BCUT2D eigenvalue weighted by atomic mass is 10.0. The fraction of sp³-hybridized carbons (Fsp3) is 0.583. The quantitative estimate of drug-likeness (QED) is 0.811. The Morgan fingerprint density at radius 2 is 2.12 bits per heavy atom. The van der Waals surface area contributed by atoms with Gasteiger partial charge in [-0.05, 0) is 6.07 Å². The first kappa shape index (κ1) is 9.90. The summed E-state index contributed by atoms with van der Waals surface area (Å²) in [7, 11) is 1.94. The third-order valence-corrected chi connectivity index (χ3v) is 3.60. The lowest BCUT2D eigenvalue weighted by Gasteiger charge is -2.18. The van der Waals surface area contributed by atoms with E-state index in [1.54, 1.807) is 0 Å². The Bertz CT molecular complexity index is 370. The van der Waals surface area contributed by atoms with Crippen molar-refractivity contribution in [3.63, 3.8) is 0 Å². The summed E-state index contributed by atoms with van der Waals surface area (Å²) in [5.74, 6) is 2.50. The van der Waals surface area contributed by atoms with E-state index in [0.717, 1.165) is 37.8 Å². The summed E-state index contributed by atoms with van der Waals surface area (Å²) in [5.41, 5.74) is 1.12. The molecule has 2 saturated heterocycles. The average Bonchev–Trinajstić information content (AvgIpc) is 2.89. The first-order chi connectivity index (χ1) is 7.86. The minimum absolute atomic E-state index is 0.708. The molecule has 1 aromatic rings. The molecule has 1 unspecified atom stereocenters. The smallest absolute Gasteiger partial charge is 0.130 e. The number of hydrogen-bond acceptors (Lipinski definition) is 4. The second kappa shape index (κ2) is 3.94. The Balaban J connectivity index is 1.78. The minimum atomic E-state index is 0.708. The first-order valence-electron chi connectivity index (χ1n) is 5.83. The number of hydrogen-bond donors (Lipinski definition) is 1. The van der Waals surface area contributed by atoms with Crippen molar-refractivity contribution in [1.29, 1.82) is 0 Å². The highest BCUT2D eigenvalue weighted by Crippen LogP contribution is 2.32. The number of fused-ring (bicyclic) bond motifs is 1. The molecule has 2 atom stereocenters. The zero-order chi connectivity index (χ0) is 11.0. The predicted octanol–water partition coefficient (Wildman–Crippen LogP) is 1.21. The van der Waals surface area contributed by atoms with E-state index in [0.29, 0.717) is 11.8 Å². The Morgan fingerprint density at radius 3 is 2.81 bits per heavy atom. The standard InChI is InChI=1S/C12H17N3O/c1-13-11-2-3-14-12(4-11)15-5-9-7-16-8-10(9)6-15/h2-4,9-10H,5-8H2,1H3,(H,13,14)/t9-,10?/m1/s1. The van der Waals surface area contributed by atoms with Gasteiger partial charge in [-0.15, -0.1) is 0 Å². The number of aromatic nitrogens is 1. The molecule has 2 aliphatic rings. The van der Waals surface area contributed by atoms with E-state index < -0.39 is 0 Å². The van der Waals surface area contributed by atoms with E-state index in [4.69, 9.17) is 4.74 Å². The monoisotopic (exact) mass is 219 g/mol. The lowest BCUT2D eigenvalue weighted by molar-refractivity contribution is 0.177. The Labute approximate surface area is 95.6 Å². The largest absolute Gasteiger partial charge is 0.388 e. The maximum absolute atomic E-state index is 5.48. The fourth-order valence-electron chi connectivity index (χ4n) is 2.62. The van der Waals surface area contributed by atoms with Gasteiger partial charge in [-0.25, -0.2) is 4.98 Å². The molecule has 0 aromatic carbocycles. The number of anilines is 2. The molecule has 0 bridgehead atoms. The molecule has 16 heavy (non-hydrogen) atoms. The molecule has 2 aliphatic heterocycles. The molecule has 3 rings (SSSR count). The molecular formula is C12H17N3O. The summed E-state index contributed by atoms with van der Waals surface area (Å²) in [5, 5.41) is 3.15. The van der Waals surface area contributed by atoms with Crippen LogP contribution in [0.5, 0.6) is 0 Å². The summed E-state index contributed by atoms with van der Waals surface area (Å²) >= 11 is 0. The van der Waals surface area contributed by atoms with Crippen LogP contribution in [0, 0.1) is 11.8 Å². The van der Waals surface area contributed by atoms with Crippen LogP contribution < -0.4 is 10.2 Å². The predicted molar refractivity (Wildman–Crippen MR) is 63.8 cm³/mol. The number of pyridine rings is 1. The SMILES string of the molecule is CNc1ccnc(N2CC3COC[C@H]3C2)c1. The average molecular weight is 219 g/mol. The highest BCUT2D eigenvalue weighted by molar-refractivity contribution is 5.53. The topological polar surface area (TPSA) is 37.4 Å². The van der Waals surface area contributed by atoms with Crippen LogP contribution in [0.1, 0.15) is 0 Å². The summed E-state index contributed by atoms with van der Waals surface area (Å²) in [6.45, 7) is 4.02. The van der Waals surface area contributed by atoms with Crippen molar-refractivity contribution >= 4 is 11.5 Å². The van der Waals surface area contributed by atoms with Gasteiger partial charge in [0.25, 0.3) is 0 Å². The number of nitrogens with one attached hydrogen (secondary N) is 1. The summed E-state index contributed by atoms with van der Waals surface area (Å²) < 4.78 is 5.48.